The van der Waals surface area contributed by atoms with Gasteiger partial charge in [-0.15, -0.1) is 0 Å². The predicted molar refractivity (Wildman–Crippen MR) is 51.5 cm³/mol. The first-order valence-electron chi connectivity index (χ1n) is 4.95. The van der Waals surface area contributed by atoms with E-state index in [1.54, 1.807) is 0 Å². The number of rotatable bonds is 3. The molecule has 0 bridgehead atoms. The summed E-state index contributed by atoms with van der Waals surface area (Å²) < 4.78 is 5.56. The van der Waals surface area contributed by atoms with Crippen molar-refractivity contribution in [2.24, 2.45) is 0 Å². The number of hydrogen-bond donors (Lipinski definition) is 0. The van der Waals surface area contributed by atoms with Crippen LogP contribution in [0.2, 0.25) is 0 Å². The summed E-state index contributed by atoms with van der Waals surface area (Å²) >= 11 is 0. The summed E-state index contributed by atoms with van der Waals surface area (Å²) in [6.07, 6.45) is 8.96. The van der Waals surface area contributed by atoms with Gasteiger partial charge in [-0.1, -0.05) is 0 Å². The van der Waals surface area contributed by atoms with Crippen molar-refractivity contribution in [3.8, 4) is 0 Å². The highest BCUT2D eigenvalue weighted by molar-refractivity contribution is 5.09. The molecular formula is C11H15NO. The fourth-order valence-electron chi connectivity index (χ4n) is 1.75. The van der Waals surface area contributed by atoms with E-state index < -0.39 is 0 Å². The Balaban J connectivity index is 1.79. The SMILES string of the molecule is c1cc(CCC2CCCO2)ccn1. The molecule has 2 rings (SSSR count). The minimum absolute atomic E-state index is 0.508. The minimum Gasteiger partial charge on any atom is -0.378 e. The maximum absolute atomic E-state index is 5.56. The zero-order valence-corrected chi connectivity index (χ0v) is 7.78. The highest BCUT2D eigenvalue weighted by Gasteiger charge is 2.14. The van der Waals surface area contributed by atoms with E-state index in [4.69, 9.17) is 4.74 Å². The Hall–Kier alpha value is -0.890. The van der Waals surface area contributed by atoms with Crippen molar-refractivity contribution in [2.45, 2.75) is 31.8 Å². The lowest BCUT2D eigenvalue weighted by atomic mass is 10.1. The first-order chi connectivity index (χ1) is 6.45. The van der Waals surface area contributed by atoms with Crippen LogP contribution in [0.4, 0.5) is 0 Å². The first kappa shape index (κ1) is 8.70. The molecule has 0 aliphatic carbocycles. The Bertz CT molecular complexity index is 242. The van der Waals surface area contributed by atoms with Gasteiger partial charge >= 0.3 is 0 Å². The smallest absolute Gasteiger partial charge is 0.0579 e. The van der Waals surface area contributed by atoms with Crippen molar-refractivity contribution in [1.29, 1.82) is 0 Å². The third kappa shape index (κ3) is 2.52. The Morgan fingerprint density at radius 2 is 2.23 bits per heavy atom. The van der Waals surface area contributed by atoms with Crippen LogP contribution in [0.15, 0.2) is 24.5 Å². The second-order valence-corrected chi connectivity index (χ2v) is 3.53. The molecular weight excluding hydrogens is 162 g/mol. The second-order valence-electron chi connectivity index (χ2n) is 3.53. The number of aryl methyl sites for hydroxylation is 1. The third-order valence-corrected chi connectivity index (χ3v) is 2.53. The molecule has 1 fully saturated rings. The topological polar surface area (TPSA) is 22.1 Å². The third-order valence-electron chi connectivity index (χ3n) is 2.53. The molecule has 1 aliphatic heterocycles. The molecule has 2 heteroatoms. The average molecular weight is 177 g/mol. The van der Waals surface area contributed by atoms with Gasteiger partial charge in [0.1, 0.15) is 0 Å². The van der Waals surface area contributed by atoms with Crippen LogP contribution in [0, 0.1) is 0 Å². The summed E-state index contributed by atoms with van der Waals surface area (Å²) in [6, 6.07) is 4.16. The molecule has 0 saturated carbocycles. The fourth-order valence-corrected chi connectivity index (χ4v) is 1.75. The van der Waals surface area contributed by atoms with E-state index in [0.717, 1.165) is 19.4 Å². The van der Waals surface area contributed by atoms with Crippen LogP contribution in [0.3, 0.4) is 0 Å². The largest absolute Gasteiger partial charge is 0.378 e. The fraction of sp³-hybridized carbons (Fsp3) is 0.545. The molecule has 1 aliphatic rings. The monoisotopic (exact) mass is 177 g/mol. The van der Waals surface area contributed by atoms with E-state index in [1.807, 2.05) is 12.4 Å². The number of hydrogen-bond acceptors (Lipinski definition) is 2. The highest BCUT2D eigenvalue weighted by Crippen LogP contribution is 2.17. The van der Waals surface area contributed by atoms with Crippen molar-refractivity contribution in [2.75, 3.05) is 6.61 Å². The van der Waals surface area contributed by atoms with Gasteiger partial charge in [-0.05, 0) is 43.4 Å². The molecule has 13 heavy (non-hydrogen) atoms. The van der Waals surface area contributed by atoms with Crippen LogP contribution in [-0.4, -0.2) is 17.7 Å². The molecule has 1 atom stereocenters. The lowest BCUT2D eigenvalue weighted by molar-refractivity contribution is 0.104. The van der Waals surface area contributed by atoms with E-state index in [-0.39, 0.29) is 0 Å². The standard InChI is InChI=1S/C11H15NO/c1-2-11(13-9-1)4-3-10-5-7-12-8-6-10/h5-8,11H,1-4,9H2. The molecule has 1 unspecified atom stereocenters. The molecule has 0 spiro atoms. The zero-order valence-electron chi connectivity index (χ0n) is 7.78. The summed E-state index contributed by atoms with van der Waals surface area (Å²) in [5.41, 5.74) is 1.37. The van der Waals surface area contributed by atoms with Crippen LogP contribution in [-0.2, 0) is 11.2 Å². The summed E-state index contributed by atoms with van der Waals surface area (Å²) in [5, 5.41) is 0. The van der Waals surface area contributed by atoms with Gasteiger partial charge in [0.15, 0.2) is 0 Å². The van der Waals surface area contributed by atoms with E-state index in [1.165, 1.54) is 18.4 Å². The highest BCUT2D eigenvalue weighted by atomic mass is 16.5. The normalized spacial score (nSPS) is 22.0. The maximum Gasteiger partial charge on any atom is 0.0579 e. The van der Waals surface area contributed by atoms with Crippen molar-refractivity contribution < 1.29 is 4.74 Å². The van der Waals surface area contributed by atoms with Gasteiger partial charge in [-0.25, -0.2) is 0 Å². The van der Waals surface area contributed by atoms with Gasteiger partial charge in [-0.3, -0.25) is 4.98 Å². The number of nitrogens with zero attached hydrogens (tertiary/aromatic N) is 1. The molecule has 0 radical (unpaired) electrons. The van der Waals surface area contributed by atoms with Gasteiger partial charge in [0.25, 0.3) is 0 Å². The van der Waals surface area contributed by atoms with Crippen molar-refractivity contribution in [1.82, 2.24) is 4.98 Å². The van der Waals surface area contributed by atoms with Gasteiger partial charge < -0.3 is 4.74 Å². The lowest BCUT2D eigenvalue weighted by Gasteiger charge is -2.08. The first-order valence-corrected chi connectivity index (χ1v) is 4.95. The number of pyridine rings is 1. The van der Waals surface area contributed by atoms with E-state index in [2.05, 4.69) is 17.1 Å². The molecule has 0 aromatic carbocycles. The van der Waals surface area contributed by atoms with E-state index >= 15 is 0 Å². The Morgan fingerprint density at radius 1 is 1.38 bits per heavy atom. The van der Waals surface area contributed by atoms with E-state index in [9.17, 15) is 0 Å². The Labute approximate surface area is 78.9 Å². The molecule has 0 N–H and O–H groups in total. The summed E-state index contributed by atoms with van der Waals surface area (Å²) in [6.45, 7) is 0.959. The lowest BCUT2D eigenvalue weighted by Crippen LogP contribution is -2.05. The molecule has 70 valence electrons. The molecule has 2 nitrogen and oxygen atoms in total. The molecule has 2 heterocycles. The van der Waals surface area contributed by atoms with E-state index in [0.29, 0.717) is 6.10 Å². The average Bonchev–Trinajstić information content (AvgIpc) is 2.69. The molecule has 1 saturated heterocycles. The van der Waals surface area contributed by atoms with Crippen LogP contribution in [0.25, 0.3) is 0 Å². The van der Waals surface area contributed by atoms with Gasteiger partial charge in [-0.2, -0.15) is 0 Å². The molecule has 1 aromatic rings. The maximum atomic E-state index is 5.56. The van der Waals surface area contributed by atoms with Crippen LogP contribution >= 0.6 is 0 Å². The Kier molecular flexibility index (Phi) is 2.93. The van der Waals surface area contributed by atoms with Gasteiger partial charge in [0, 0.05) is 19.0 Å². The van der Waals surface area contributed by atoms with Gasteiger partial charge in [0.2, 0.25) is 0 Å². The molecule has 0 amide bonds. The minimum atomic E-state index is 0.508. The predicted octanol–water partition coefficient (Wildman–Crippen LogP) is 2.19. The van der Waals surface area contributed by atoms with Gasteiger partial charge in [0.05, 0.1) is 6.10 Å². The molecule has 1 aromatic heterocycles. The Morgan fingerprint density at radius 3 is 2.92 bits per heavy atom. The quantitative estimate of drug-likeness (QED) is 0.706. The van der Waals surface area contributed by atoms with Crippen molar-refractivity contribution in [3.63, 3.8) is 0 Å². The van der Waals surface area contributed by atoms with Crippen LogP contribution < -0.4 is 0 Å². The number of ether oxygens (including phenoxy) is 1. The van der Waals surface area contributed by atoms with Crippen molar-refractivity contribution >= 4 is 0 Å². The summed E-state index contributed by atoms with van der Waals surface area (Å²) in [5.74, 6) is 0. The van der Waals surface area contributed by atoms with Crippen LogP contribution in [0.5, 0.6) is 0 Å². The van der Waals surface area contributed by atoms with Crippen molar-refractivity contribution in [3.05, 3.63) is 30.1 Å². The van der Waals surface area contributed by atoms with Crippen LogP contribution in [0.1, 0.15) is 24.8 Å². The summed E-state index contributed by atoms with van der Waals surface area (Å²) in [4.78, 5) is 3.99. The second kappa shape index (κ2) is 4.38. The summed E-state index contributed by atoms with van der Waals surface area (Å²) in [7, 11) is 0. The zero-order chi connectivity index (χ0) is 8.93. The number of aromatic nitrogens is 1.